The lowest BCUT2D eigenvalue weighted by molar-refractivity contribution is 0.188. The van der Waals surface area contributed by atoms with Gasteiger partial charge in [0.25, 0.3) is 0 Å². The van der Waals surface area contributed by atoms with E-state index in [9.17, 15) is 14.6 Å². The lowest BCUT2D eigenvalue weighted by Gasteiger charge is -2.01. The fourth-order valence-corrected chi connectivity index (χ4v) is 3.89. The number of alkyl halides is 1. The van der Waals surface area contributed by atoms with Gasteiger partial charge in [0.1, 0.15) is 17.9 Å². The molecule has 0 bridgehead atoms. The van der Waals surface area contributed by atoms with Gasteiger partial charge in [-0.3, -0.25) is 0 Å². The second-order valence-corrected chi connectivity index (χ2v) is 10.4. The zero-order valence-electron chi connectivity index (χ0n) is 24.6. The Kier molecular flexibility index (Phi) is 11.6. The van der Waals surface area contributed by atoms with Crippen molar-refractivity contribution in [3.63, 3.8) is 0 Å². The van der Waals surface area contributed by atoms with E-state index in [1.807, 2.05) is 25.1 Å². The Balaban J connectivity index is 0.000000157. The van der Waals surface area contributed by atoms with Crippen LogP contribution in [0.2, 0.25) is 5.02 Å². The molecule has 0 radical (unpaired) electrons. The number of benzene rings is 3. The van der Waals surface area contributed by atoms with Gasteiger partial charge in [-0.15, -0.1) is 45.0 Å². The van der Waals surface area contributed by atoms with Crippen molar-refractivity contribution in [3.05, 3.63) is 106 Å². The van der Waals surface area contributed by atoms with Crippen molar-refractivity contribution in [1.82, 2.24) is 60.6 Å². The Morgan fingerprint density at radius 3 is 2.00 bits per heavy atom. The molecular formula is C28H26BrClFN13O2. The first-order chi connectivity index (χ1) is 22.1. The molecule has 0 saturated carbocycles. The standard InChI is InChI=1S/C10H11FN4O.C10H9N5O.C8H6BrClN4/c1-6-3-4-8(11)9(5-6)15-13-10(7(2)16)12-14-15;1-7(16)10-12-14-15(13-10)9-4-2-3-8(5-9)6-11;9-5-8-11-13-14(12-8)7-3-1-2-6(10)4-7/h3-5,7,16H,1-2H3;2-5,7,16H,1H3;1-4H,5H2. The van der Waals surface area contributed by atoms with Gasteiger partial charge >= 0.3 is 0 Å². The number of nitriles is 1. The van der Waals surface area contributed by atoms with E-state index in [-0.39, 0.29) is 17.3 Å². The minimum absolute atomic E-state index is 0.168. The highest BCUT2D eigenvalue weighted by atomic mass is 79.9. The quantitative estimate of drug-likeness (QED) is 0.237. The summed E-state index contributed by atoms with van der Waals surface area (Å²) in [5.74, 6) is 0.633. The number of aliphatic hydroxyl groups is 2. The van der Waals surface area contributed by atoms with Gasteiger partial charge in [0.2, 0.25) is 11.6 Å². The molecule has 0 aliphatic rings. The molecule has 6 rings (SSSR count). The van der Waals surface area contributed by atoms with Crippen LogP contribution in [0.25, 0.3) is 17.1 Å². The van der Waals surface area contributed by atoms with Gasteiger partial charge < -0.3 is 10.2 Å². The van der Waals surface area contributed by atoms with Crippen molar-refractivity contribution in [2.75, 3.05) is 0 Å². The van der Waals surface area contributed by atoms with Crippen LogP contribution in [0.15, 0.2) is 66.7 Å². The number of rotatable bonds is 6. The Morgan fingerprint density at radius 2 is 1.41 bits per heavy atom. The van der Waals surface area contributed by atoms with Gasteiger partial charge in [-0.25, -0.2) is 4.39 Å². The summed E-state index contributed by atoms with van der Waals surface area (Å²) in [6.45, 7) is 4.93. The first-order valence-electron chi connectivity index (χ1n) is 13.4. The smallest absolute Gasteiger partial charge is 0.203 e. The number of aryl methyl sites for hydroxylation is 1. The molecule has 0 amide bonds. The van der Waals surface area contributed by atoms with E-state index in [4.69, 9.17) is 16.9 Å². The van der Waals surface area contributed by atoms with Gasteiger partial charge in [0, 0.05) is 5.02 Å². The van der Waals surface area contributed by atoms with E-state index in [2.05, 4.69) is 62.2 Å². The van der Waals surface area contributed by atoms with Crippen molar-refractivity contribution < 1.29 is 14.6 Å². The van der Waals surface area contributed by atoms with Crippen LogP contribution >= 0.6 is 27.5 Å². The van der Waals surface area contributed by atoms with Crippen LogP contribution in [0.3, 0.4) is 0 Å². The van der Waals surface area contributed by atoms with Crippen LogP contribution in [-0.2, 0) is 5.33 Å². The zero-order chi connectivity index (χ0) is 33.2. The van der Waals surface area contributed by atoms with Crippen LogP contribution in [0.4, 0.5) is 4.39 Å². The molecule has 0 aliphatic carbocycles. The van der Waals surface area contributed by atoms with Crippen LogP contribution in [0.5, 0.6) is 0 Å². The maximum Gasteiger partial charge on any atom is 0.203 e. The van der Waals surface area contributed by atoms with E-state index in [0.717, 1.165) is 16.0 Å². The third-order valence-electron chi connectivity index (χ3n) is 5.74. The Morgan fingerprint density at radius 1 is 0.826 bits per heavy atom. The molecule has 236 valence electrons. The maximum absolute atomic E-state index is 13.5. The Labute approximate surface area is 275 Å². The summed E-state index contributed by atoms with van der Waals surface area (Å²) in [6, 6.07) is 20.8. The summed E-state index contributed by atoms with van der Waals surface area (Å²) in [4.78, 5) is 3.80. The molecular weight excluding hydrogens is 685 g/mol. The molecule has 46 heavy (non-hydrogen) atoms. The van der Waals surface area contributed by atoms with E-state index in [1.54, 1.807) is 55.5 Å². The van der Waals surface area contributed by atoms with Crippen molar-refractivity contribution in [2.45, 2.75) is 38.3 Å². The van der Waals surface area contributed by atoms with E-state index in [1.165, 1.54) is 22.6 Å². The lowest BCUT2D eigenvalue weighted by atomic mass is 10.2. The van der Waals surface area contributed by atoms with Gasteiger partial charge in [0.05, 0.1) is 28.3 Å². The fourth-order valence-electron chi connectivity index (χ4n) is 3.48. The normalized spacial score (nSPS) is 11.8. The SMILES string of the molecule is CC(O)c1nnn(-c2cccc(C#N)c2)n1.Cc1ccc(F)c(-n2nnc(C(C)O)n2)c1.Clc1cccc(-n2nnc(CBr)n2)c1. The Bertz CT molecular complexity index is 1940. The lowest BCUT2D eigenvalue weighted by Crippen LogP contribution is -2.03. The first-order valence-corrected chi connectivity index (χ1v) is 14.9. The largest absolute Gasteiger partial charge is 0.385 e. The number of hydrogen-bond acceptors (Lipinski definition) is 12. The second kappa shape index (κ2) is 15.8. The number of aliphatic hydroxyl groups excluding tert-OH is 2. The summed E-state index contributed by atoms with van der Waals surface area (Å²) >= 11 is 9.09. The topological polar surface area (TPSA) is 195 Å². The molecule has 0 saturated heterocycles. The highest BCUT2D eigenvalue weighted by molar-refractivity contribution is 9.08. The molecule has 0 aliphatic heterocycles. The molecule has 2 N–H and O–H groups in total. The summed E-state index contributed by atoms with van der Waals surface area (Å²) in [6.07, 6.45) is -1.57. The van der Waals surface area contributed by atoms with Gasteiger partial charge in [-0.1, -0.05) is 45.7 Å². The maximum atomic E-state index is 13.5. The van der Waals surface area contributed by atoms with Gasteiger partial charge in [0.15, 0.2) is 11.6 Å². The molecule has 2 unspecified atom stereocenters. The molecule has 18 heteroatoms. The Hall–Kier alpha value is -5.02. The van der Waals surface area contributed by atoms with Gasteiger partial charge in [-0.2, -0.15) is 5.26 Å². The third kappa shape index (κ3) is 9.01. The average Bonchev–Trinajstić information content (AvgIpc) is 3.84. The minimum Gasteiger partial charge on any atom is -0.385 e. The number of aromatic nitrogens is 12. The number of hydrogen-bond donors (Lipinski definition) is 2. The van der Waals surface area contributed by atoms with Crippen molar-refractivity contribution in [1.29, 1.82) is 5.26 Å². The van der Waals surface area contributed by atoms with Crippen LogP contribution in [0, 0.1) is 24.1 Å². The monoisotopic (exact) mass is 709 g/mol. The van der Waals surface area contributed by atoms with Crippen molar-refractivity contribution in [2.24, 2.45) is 0 Å². The molecule has 6 aromatic rings. The van der Waals surface area contributed by atoms with E-state index >= 15 is 0 Å². The number of tetrazole rings is 3. The highest BCUT2D eigenvalue weighted by Gasteiger charge is 2.13. The summed E-state index contributed by atoms with van der Waals surface area (Å²) < 4.78 is 13.5. The summed E-state index contributed by atoms with van der Waals surface area (Å²) in [5.41, 5.74) is 3.08. The predicted octanol–water partition coefficient (Wildman–Crippen LogP) is 3.96. The summed E-state index contributed by atoms with van der Waals surface area (Å²) in [5, 5.41) is 63.0. The average molecular weight is 711 g/mol. The molecule has 3 aromatic heterocycles. The van der Waals surface area contributed by atoms with E-state index < -0.39 is 18.0 Å². The summed E-state index contributed by atoms with van der Waals surface area (Å²) in [7, 11) is 0. The van der Waals surface area contributed by atoms with Gasteiger partial charge in [-0.05, 0) is 90.5 Å². The molecule has 0 fully saturated rings. The van der Waals surface area contributed by atoms with Crippen LogP contribution < -0.4 is 0 Å². The van der Waals surface area contributed by atoms with Crippen LogP contribution in [0.1, 0.15) is 54.7 Å². The molecule has 3 aromatic carbocycles. The predicted molar refractivity (Wildman–Crippen MR) is 166 cm³/mol. The van der Waals surface area contributed by atoms with Crippen molar-refractivity contribution >= 4 is 27.5 Å². The molecule has 15 nitrogen and oxygen atoms in total. The highest BCUT2D eigenvalue weighted by Crippen LogP contribution is 2.15. The third-order valence-corrected chi connectivity index (χ3v) is 6.48. The fraction of sp³-hybridized carbons (Fsp3) is 0.214. The van der Waals surface area contributed by atoms with Crippen molar-refractivity contribution in [3.8, 4) is 23.1 Å². The number of halogens is 3. The zero-order valence-corrected chi connectivity index (χ0v) is 26.9. The molecule has 0 spiro atoms. The second-order valence-electron chi connectivity index (χ2n) is 9.45. The molecule has 3 heterocycles. The van der Waals surface area contributed by atoms with Crippen LogP contribution in [-0.4, -0.2) is 70.8 Å². The minimum atomic E-state index is -0.818. The first kappa shape index (κ1) is 33.9. The molecule has 2 atom stereocenters. The van der Waals surface area contributed by atoms with E-state index in [0.29, 0.717) is 27.4 Å². The number of nitrogens with zero attached hydrogens (tertiary/aromatic N) is 13.